The van der Waals surface area contributed by atoms with E-state index < -0.39 is 12.0 Å². The number of carbonyl (C=O) groups is 2. The molecule has 0 saturated heterocycles. The zero-order valence-electron chi connectivity index (χ0n) is 11.1. The summed E-state index contributed by atoms with van der Waals surface area (Å²) in [5.41, 5.74) is 2.93. The molecule has 0 atom stereocenters. The molecule has 0 radical (unpaired) electrons. The van der Waals surface area contributed by atoms with Crippen molar-refractivity contribution in [2.45, 2.75) is 6.61 Å². The molecule has 2 aromatic rings. The third kappa shape index (κ3) is 4.29. The average Bonchev–Trinajstić information content (AvgIpc) is 2.53. The van der Waals surface area contributed by atoms with Gasteiger partial charge in [-0.25, -0.2) is 15.6 Å². The van der Waals surface area contributed by atoms with Gasteiger partial charge < -0.3 is 4.74 Å². The molecule has 0 aliphatic carbocycles. The van der Waals surface area contributed by atoms with E-state index >= 15 is 0 Å². The van der Waals surface area contributed by atoms with Crippen molar-refractivity contribution in [3.05, 3.63) is 59.8 Å². The predicted octanol–water partition coefficient (Wildman–Crippen LogP) is 1.43. The van der Waals surface area contributed by atoms with Crippen LogP contribution < -0.4 is 16.6 Å². The summed E-state index contributed by atoms with van der Waals surface area (Å²) in [7, 11) is 0. The Hall–Kier alpha value is -2.93. The third-order valence-electron chi connectivity index (χ3n) is 2.56. The molecule has 2 rings (SSSR count). The zero-order chi connectivity index (χ0) is 15.1. The quantitative estimate of drug-likeness (QED) is 0.448. The van der Waals surface area contributed by atoms with Gasteiger partial charge in [-0.1, -0.05) is 36.4 Å². The molecule has 1 aromatic carbocycles. The first kappa shape index (κ1) is 14.5. The topological polar surface area (TPSA) is 106 Å². The van der Waals surface area contributed by atoms with Crippen LogP contribution in [0.25, 0.3) is 0 Å². The second-order valence-corrected chi connectivity index (χ2v) is 4.07. The molecule has 1 heterocycles. The van der Waals surface area contributed by atoms with Crippen LogP contribution in [0.1, 0.15) is 16.1 Å². The summed E-state index contributed by atoms with van der Waals surface area (Å²) in [5.74, 6) is 4.67. The van der Waals surface area contributed by atoms with Crippen LogP contribution in [0.2, 0.25) is 0 Å². The number of ether oxygens (including phenoxy) is 1. The van der Waals surface area contributed by atoms with Gasteiger partial charge in [0, 0.05) is 0 Å². The number of amides is 2. The molecule has 0 spiro atoms. The van der Waals surface area contributed by atoms with E-state index in [0.717, 1.165) is 5.56 Å². The molecule has 0 bridgehead atoms. The predicted molar refractivity (Wildman–Crippen MR) is 76.1 cm³/mol. The maximum Gasteiger partial charge on any atom is 0.413 e. The van der Waals surface area contributed by atoms with E-state index in [1.807, 2.05) is 35.8 Å². The molecule has 4 N–H and O–H groups in total. The lowest BCUT2D eigenvalue weighted by atomic mass is 10.2. The fourth-order valence-corrected chi connectivity index (χ4v) is 1.57. The van der Waals surface area contributed by atoms with E-state index in [4.69, 9.17) is 10.6 Å². The van der Waals surface area contributed by atoms with Gasteiger partial charge in [-0.2, -0.15) is 0 Å². The first-order valence-electron chi connectivity index (χ1n) is 6.15. The van der Waals surface area contributed by atoms with E-state index in [2.05, 4.69) is 10.3 Å². The van der Waals surface area contributed by atoms with Gasteiger partial charge in [0.2, 0.25) is 0 Å². The summed E-state index contributed by atoms with van der Waals surface area (Å²) < 4.78 is 5.04. The monoisotopic (exact) mass is 286 g/mol. The number of nitrogens with one attached hydrogen (secondary N) is 2. The number of carbonyl (C=O) groups excluding carboxylic acids is 2. The summed E-state index contributed by atoms with van der Waals surface area (Å²) in [4.78, 5) is 26.9. The van der Waals surface area contributed by atoms with Crippen molar-refractivity contribution in [1.29, 1.82) is 0 Å². The minimum Gasteiger partial charge on any atom is -0.444 e. The number of nitrogens with two attached hydrogens (primary N) is 1. The molecule has 7 nitrogen and oxygen atoms in total. The van der Waals surface area contributed by atoms with Crippen LogP contribution in [-0.4, -0.2) is 17.0 Å². The largest absolute Gasteiger partial charge is 0.444 e. The number of aromatic nitrogens is 1. The maximum absolute atomic E-state index is 11.6. The Morgan fingerprint density at radius 2 is 1.86 bits per heavy atom. The molecular weight excluding hydrogens is 272 g/mol. The van der Waals surface area contributed by atoms with Gasteiger partial charge >= 0.3 is 6.09 Å². The second-order valence-electron chi connectivity index (χ2n) is 4.07. The standard InChI is InChI=1S/C14H14N4O3/c15-18-13(19)11-7-4-8-12(16-11)17-14(20)21-9-10-5-2-1-3-6-10/h1-8H,9,15H2,(H,18,19)(H,16,17,20). The molecular formula is C14H14N4O3. The number of anilines is 1. The number of hydrogen-bond donors (Lipinski definition) is 3. The lowest BCUT2D eigenvalue weighted by Gasteiger charge is -2.07. The Morgan fingerprint density at radius 1 is 1.10 bits per heavy atom. The highest BCUT2D eigenvalue weighted by molar-refractivity contribution is 5.92. The summed E-state index contributed by atoms with van der Waals surface area (Å²) in [6, 6.07) is 13.9. The van der Waals surface area contributed by atoms with E-state index in [1.165, 1.54) is 12.1 Å². The molecule has 7 heteroatoms. The average molecular weight is 286 g/mol. The number of nitrogen functional groups attached to an aromatic ring is 1. The first-order valence-corrected chi connectivity index (χ1v) is 6.15. The SMILES string of the molecule is NNC(=O)c1cccc(NC(=O)OCc2ccccc2)n1. The molecule has 2 amide bonds. The Kier molecular flexibility index (Phi) is 4.84. The minimum absolute atomic E-state index is 0.0957. The number of hydrogen-bond acceptors (Lipinski definition) is 5. The van der Waals surface area contributed by atoms with Crippen LogP contribution in [0.3, 0.4) is 0 Å². The van der Waals surface area contributed by atoms with Gasteiger partial charge in [0.25, 0.3) is 5.91 Å². The molecule has 0 aliphatic heterocycles. The highest BCUT2D eigenvalue weighted by Gasteiger charge is 2.08. The minimum atomic E-state index is -0.656. The van der Waals surface area contributed by atoms with E-state index in [1.54, 1.807) is 6.07 Å². The Balaban J connectivity index is 1.92. The Bertz CT molecular complexity index is 631. The molecule has 0 aliphatic rings. The lowest BCUT2D eigenvalue weighted by molar-refractivity contribution is 0.0948. The van der Waals surface area contributed by atoms with Crippen LogP contribution in [0.5, 0.6) is 0 Å². The van der Waals surface area contributed by atoms with Crippen LogP contribution >= 0.6 is 0 Å². The highest BCUT2D eigenvalue weighted by atomic mass is 16.5. The fourth-order valence-electron chi connectivity index (χ4n) is 1.57. The molecule has 0 unspecified atom stereocenters. The van der Waals surface area contributed by atoms with Crippen LogP contribution in [0, 0.1) is 0 Å². The zero-order valence-corrected chi connectivity index (χ0v) is 11.1. The van der Waals surface area contributed by atoms with Crippen molar-refractivity contribution >= 4 is 17.8 Å². The molecule has 0 fully saturated rings. The molecule has 108 valence electrons. The van der Waals surface area contributed by atoms with Gasteiger partial charge in [0.05, 0.1) is 0 Å². The smallest absolute Gasteiger partial charge is 0.413 e. The molecule has 1 aromatic heterocycles. The summed E-state index contributed by atoms with van der Waals surface area (Å²) in [5, 5.41) is 2.44. The van der Waals surface area contributed by atoms with E-state index in [0.29, 0.717) is 0 Å². The highest BCUT2D eigenvalue weighted by Crippen LogP contribution is 2.06. The van der Waals surface area contributed by atoms with Crippen molar-refractivity contribution in [1.82, 2.24) is 10.4 Å². The lowest BCUT2D eigenvalue weighted by Crippen LogP contribution is -2.30. The van der Waals surface area contributed by atoms with Crippen LogP contribution in [0.15, 0.2) is 48.5 Å². The number of benzene rings is 1. The van der Waals surface area contributed by atoms with Crippen LogP contribution in [0.4, 0.5) is 10.6 Å². The Morgan fingerprint density at radius 3 is 2.57 bits per heavy atom. The van der Waals surface area contributed by atoms with Gasteiger partial charge in [0.1, 0.15) is 18.1 Å². The third-order valence-corrected chi connectivity index (χ3v) is 2.56. The van der Waals surface area contributed by atoms with Crippen LogP contribution in [-0.2, 0) is 11.3 Å². The maximum atomic E-state index is 11.6. The van der Waals surface area contributed by atoms with Crippen molar-refractivity contribution in [3.63, 3.8) is 0 Å². The van der Waals surface area contributed by atoms with Crippen molar-refractivity contribution in [2.75, 3.05) is 5.32 Å². The van der Waals surface area contributed by atoms with Crippen molar-refractivity contribution in [3.8, 4) is 0 Å². The first-order chi connectivity index (χ1) is 10.2. The van der Waals surface area contributed by atoms with Gasteiger partial charge in [0.15, 0.2) is 0 Å². The van der Waals surface area contributed by atoms with Gasteiger partial charge in [-0.05, 0) is 17.7 Å². The number of pyridine rings is 1. The number of nitrogens with zero attached hydrogens (tertiary/aromatic N) is 1. The number of rotatable bonds is 4. The van der Waals surface area contributed by atoms with Crippen molar-refractivity contribution in [2.24, 2.45) is 5.84 Å². The fraction of sp³-hybridized carbons (Fsp3) is 0.0714. The number of hydrazine groups is 1. The van der Waals surface area contributed by atoms with E-state index in [-0.39, 0.29) is 18.1 Å². The summed E-state index contributed by atoms with van der Waals surface area (Å²) in [6.45, 7) is 0.148. The molecule has 21 heavy (non-hydrogen) atoms. The summed E-state index contributed by atoms with van der Waals surface area (Å²) >= 11 is 0. The normalized spacial score (nSPS) is 9.76. The van der Waals surface area contributed by atoms with Gasteiger partial charge in [-0.3, -0.25) is 15.5 Å². The van der Waals surface area contributed by atoms with Gasteiger partial charge in [-0.15, -0.1) is 0 Å². The summed E-state index contributed by atoms with van der Waals surface area (Å²) in [6.07, 6.45) is -0.656. The van der Waals surface area contributed by atoms with Crippen molar-refractivity contribution < 1.29 is 14.3 Å². The Labute approximate surface area is 121 Å². The second kappa shape index (κ2) is 7.01. The molecule has 0 saturated carbocycles. The van der Waals surface area contributed by atoms with E-state index in [9.17, 15) is 9.59 Å².